The average Bonchev–Trinajstić information content (AvgIpc) is 1.85. The zero-order valence-corrected chi connectivity index (χ0v) is 6.76. The first-order valence-corrected chi connectivity index (χ1v) is 3.40. The first-order chi connectivity index (χ1) is 5.11. The Morgan fingerprint density at radius 2 is 2.00 bits per heavy atom. The van der Waals surface area contributed by atoms with Gasteiger partial charge in [-0.3, -0.25) is 0 Å². The molecule has 0 aliphatic rings. The fraction of sp³-hybridized carbons (Fsp3) is 0.250. The van der Waals surface area contributed by atoms with Gasteiger partial charge in [0.05, 0.1) is 5.69 Å². The van der Waals surface area contributed by atoms with Crippen molar-refractivity contribution in [3.8, 4) is 0 Å². The Balaban J connectivity index is 3.09. The second-order valence-corrected chi connectivity index (χ2v) is 2.68. The lowest BCUT2D eigenvalue weighted by molar-refractivity contribution is -0.255. The molecule has 0 unspecified atom stereocenters. The third-order valence-electron chi connectivity index (χ3n) is 1.49. The summed E-state index contributed by atoms with van der Waals surface area (Å²) in [6.07, 6.45) is 0. The van der Waals surface area contributed by atoms with Gasteiger partial charge in [0.2, 0.25) is 0 Å². The summed E-state index contributed by atoms with van der Waals surface area (Å²) in [6.45, 7) is 0. The van der Waals surface area contributed by atoms with Crippen molar-refractivity contribution >= 4 is 11.4 Å². The summed E-state index contributed by atoms with van der Waals surface area (Å²) >= 11 is 0. The lowest BCUT2D eigenvalue weighted by Gasteiger charge is -2.12. The SMILES string of the molecule is CN(C)c1ccc([NH3+])cc1F. The molecule has 1 aromatic carbocycles. The van der Waals surface area contributed by atoms with Crippen molar-refractivity contribution in [2.45, 2.75) is 0 Å². The highest BCUT2D eigenvalue weighted by atomic mass is 19.1. The Labute approximate surface area is 65.4 Å². The van der Waals surface area contributed by atoms with Crippen LogP contribution >= 0.6 is 0 Å². The maximum absolute atomic E-state index is 13.0. The molecule has 11 heavy (non-hydrogen) atoms. The number of hydrogen-bond acceptors (Lipinski definition) is 1. The van der Waals surface area contributed by atoms with Gasteiger partial charge in [0.25, 0.3) is 0 Å². The minimum absolute atomic E-state index is 0.220. The van der Waals surface area contributed by atoms with Crippen LogP contribution in [0.4, 0.5) is 15.8 Å². The van der Waals surface area contributed by atoms with Crippen LogP contribution in [0, 0.1) is 5.82 Å². The molecule has 60 valence electrons. The summed E-state index contributed by atoms with van der Waals surface area (Å²) in [5.74, 6) is -0.220. The van der Waals surface area contributed by atoms with E-state index in [1.54, 1.807) is 31.1 Å². The Hall–Kier alpha value is -1.09. The van der Waals surface area contributed by atoms with E-state index >= 15 is 0 Å². The smallest absolute Gasteiger partial charge is 0.152 e. The maximum atomic E-state index is 13.0. The number of rotatable bonds is 1. The number of hydrogen-bond donors (Lipinski definition) is 1. The quantitative estimate of drug-likeness (QED) is 0.638. The van der Waals surface area contributed by atoms with Crippen LogP contribution in [0.1, 0.15) is 0 Å². The molecule has 0 radical (unpaired) electrons. The molecule has 0 saturated carbocycles. The van der Waals surface area contributed by atoms with Crippen LogP contribution in [0.3, 0.4) is 0 Å². The number of nitrogens with zero attached hydrogens (tertiary/aromatic N) is 1. The molecule has 0 saturated heterocycles. The van der Waals surface area contributed by atoms with E-state index in [0.717, 1.165) is 0 Å². The van der Waals surface area contributed by atoms with Gasteiger partial charge >= 0.3 is 0 Å². The number of anilines is 1. The van der Waals surface area contributed by atoms with Crippen molar-refractivity contribution in [3.05, 3.63) is 24.0 Å². The average molecular weight is 155 g/mol. The largest absolute Gasteiger partial charge is 0.375 e. The van der Waals surface area contributed by atoms with Crippen LogP contribution in [-0.4, -0.2) is 14.1 Å². The van der Waals surface area contributed by atoms with Crippen LogP contribution in [0.15, 0.2) is 18.2 Å². The molecule has 0 aliphatic carbocycles. The molecule has 1 rings (SSSR count). The second-order valence-electron chi connectivity index (χ2n) is 2.68. The van der Waals surface area contributed by atoms with Gasteiger partial charge in [-0.25, -0.2) is 4.39 Å². The van der Waals surface area contributed by atoms with Gasteiger partial charge in [0.1, 0.15) is 5.69 Å². The van der Waals surface area contributed by atoms with Crippen LogP contribution < -0.4 is 10.6 Å². The Bertz CT molecular complexity index is 258. The molecule has 0 amide bonds. The highest BCUT2D eigenvalue weighted by Crippen LogP contribution is 2.17. The molecule has 0 atom stereocenters. The lowest BCUT2D eigenvalue weighted by atomic mass is 10.2. The van der Waals surface area contributed by atoms with Gasteiger partial charge in [-0.1, -0.05) is 0 Å². The molecule has 2 nitrogen and oxygen atoms in total. The zero-order valence-electron chi connectivity index (χ0n) is 6.76. The molecule has 0 fully saturated rings. The lowest BCUT2D eigenvalue weighted by Crippen LogP contribution is -2.40. The minimum Gasteiger partial charge on any atom is -0.375 e. The van der Waals surface area contributed by atoms with Crippen molar-refractivity contribution < 1.29 is 10.1 Å². The molecule has 3 N–H and O–H groups in total. The molecule has 1 aromatic rings. The van der Waals surface area contributed by atoms with Gasteiger partial charge in [-0.05, 0) is 6.07 Å². The van der Waals surface area contributed by atoms with Crippen molar-refractivity contribution in [1.82, 2.24) is 0 Å². The fourth-order valence-electron chi connectivity index (χ4n) is 0.913. The van der Waals surface area contributed by atoms with E-state index in [1.807, 2.05) is 0 Å². The molecule has 0 aliphatic heterocycles. The van der Waals surface area contributed by atoms with E-state index in [2.05, 4.69) is 5.73 Å². The summed E-state index contributed by atoms with van der Waals surface area (Å²) < 4.78 is 13.0. The summed E-state index contributed by atoms with van der Waals surface area (Å²) in [5, 5.41) is 0. The number of halogens is 1. The summed E-state index contributed by atoms with van der Waals surface area (Å²) in [5.41, 5.74) is 4.92. The van der Waals surface area contributed by atoms with Crippen LogP contribution in [-0.2, 0) is 0 Å². The van der Waals surface area contributed by atoms with Crippen molar-refractivity contribution in [1.29, 1.82) is 0 Å². The molecule has 0 heterocycles. The van der Waals surface area contributed by atoms with Gasteiger partial charge in [-0.2, -0.15) is 0 Å². The number of quaternary nitrogens is 1. The molecule has 0 aromatic heterocycles. The van der Waals surface area contributed by atoms with E-state index < -0.39 is 0 Å². The van der Waals surface area contributed by atoms with Crippen LogP contribution in [0.5, 0.6) is 0 Å². The van der Waals surface area contributed by atoms with Gasteiger partial charge in [0.15, 0.2) is 5.82 Å². The Morgan fingerprint density at radius 1 is 1.36 bits per heavy atom. The zero-order chi connectivity index (χ0) is 8.43. The monoisotopic (exact) mass is 155 g/mol. The summed E-state index contributed by atoms with van der Waals surface area (Å²) in [4.78, 5) is 1.73. The van der Waals surface area contributed by atoms with Crippen LogP contribution in [0.25, 0.3) is 0 Å². The predicted octanol–water partition coefficient (Wildman–Crippen LogP) is 0.765. The third kappa shape index (κ3) is 1.68. The highest BCUT2D eigenvalue weighted by molar-refractivity contribution is 5.50. The predicted molar refractivity (Wildman–Crippen MR) is 43.3 cm³/mol. The fourth-order valence-corrected chi connectivity index (χ4v) is 0.913. The minimum atomic E-state index is -0.220. The van der Waals surface area contributed by atoms with Gasteiger partial charge < -0.3 is 10.6 Å². The first-order valence-electron chi connectivity index (χ1n) is 3.40. The van der Waals surface area contributed by atoms with Gasteiger partial charge in [-0.15, -0.1) is 0 Å². The normalized spacial score (nSPS) is 9.82. The van der Waals surface area contributed by atoms with E-state index in [4.69, 9.17) is 0 Å². The summed E-state index contributed by atoms with van der Waals surface area (Å²) in [6, 6.07) is 4.94. The molecular weight excluding hydrogens is 143 g/mol. The van der Waals surface area contributed by atoms with Gasteiger partial charge in [0, 0.05) is 26.2 Å². The Morgan fingerprint density at radius 3 is 2.45 bits per heavy atom. The maximum Gasteiger partial charge on any atom is 0.152 e. The standard InChI is InChI=1S/C8H11FN2/c1-11(2)8-4-3-6(10)5-7(8)9/h3-5H,10H2,1-2H3/p+1. The van der Waals surface area contributed by atoms with E-state index in [-0.39, 0.29) is 5.82 Å². The Kier molecular flexibility index (Phi) is 2.10. The van der Waals surface area contributed by atoms with Crippen molar-refractivity contribution in [2.75, 3.05) is 19.0 Å². The van der Waals surface area contributed by atoms with Crippen molar-refractivity contribution in [2.24, 2.45) is 0 Å². The van der Waals surface area contributed by atoms with Crippen LogP contribution in [0.2, 0.25) is 0 Å². The summed E-state index contributed by atoms with van der Waals surface area (Å²) in [7, 11) is 3.61. The van der Waals surface area contributed by atoms with E-state index in [1.165, 1.54) is 6.07 Å². The second kappa shape index (κ2) is 2.88. The molecule has 3 heteroatoms. The first kappa shape index (κ1) is 8.01. The van der Waals surface area contributed by atoms with E-state index in [0.29, 0.717) is 11.4 Å². The van der Waals surface area contributed by atoms with E-state index in [9.17, 15) is 4.39 Å². The highest BCUT2D eigenvalue weighted by Gasteiger charge is 2.03. The topological polar surface area (TPSA) is 30.9 Å². The van der Waals surface area contributed by atoms with Crippen molar-refractivity contribution in [3.63, 3.8) is 0 Å². The third-order valence-corrected chi connectivity index (χ3v) is 1.49. The molecular formula is C8H12FN2+. The number of benzene rings is 1. The molecule has 0 bridgehead atoms. The molecule has 0 spiro atoms.